The smallest absolute Gasteiger partial charge is 0.0132 e. The molecule has 80 valence electrons. The quantitative estimate of drug-likeness (QED) is 0.805. The van der Waals surface area contributed by atoms with Crippen LogP contribution in [0.3, 0.4) is 0 Å². The van der Waals surface area contributed by atoms with E-state index in [1.54, 1.807) is 11.3 Å². The van der Waals surface area contributed by atoms with Crippen molar-refractivity contribution in [1.29, 1.82) is 0 Å². The van der Waals surface area contributed by atoms with Gasteiger partial charge in [-0.1, -0.05) is 0 Å². The first kappa shape index (κ1) is 12.1. The first-order chi connectivity index (χ1) is 6.72. The van der Waals surface area contributed by atoms with Crippen LogP contribution >= 0.6 is 23.1 Å². The van der Waals surface area contributed by atoms with E-state index in [2.05, 4.69) is 42.2 Å². The molecule has 0 aromatic carbocycles. The van der Waals surface area contributed by atoms with Crippen LogP contribution in [0.2, 0.25) is 0 Å². The molecule has 0 fully saturated rings. The Balaban J connectivity index is 2.25. The zero-order chi connectivity index (χ0) is 10.4. The first-order valence-corrected chi connectivity index (χ1v) is 7.32. The SMILES string of the molecule is CSCC(C)NC(C)Cc1ccsc1. The molecule has 1 aromatic rings. The minimum absolute atomic E-state index is 0.576. The standard InChI is InChI=1S/C11H19NS2/c1-9(12-10(2)7-13-3)6-11-4-5-14-8-11/h4-5,8-10,12H,6-7H2,1-3H3. The number of hydrogen-bond donors (Lipinski definition) is 1. The van der Waals surface area contributed by atoms with Crippen LogP contribution in [0.25, 0.3) is 0 Å². The fourth-order valence-electron chi connectivity index (χ4n) is 1.61. The first-order valence-electron chi connectivity index (χ1n) is 4.98. The van der Waals surface area contributed by atoms with Crippen molar-refractivity contribution >= 4 is 23.1 Å². The second kappa shape index (κ2) is 6.49. The Morgan fingerprint density at radius 3 is 2.79 bits per heavy atom. The van der Waals surface area contributed by atoms with E-state index >= 15 is 0 Å². The third-order valence-corrected chi connectivity index (χ3v) is 3.67. The maximum Gasteiger partial charge on any atom is 0.0132 e. The highest BCUT2D eigenvalue weighted by atomic mass is 32.2. The number of thioether (sulfide) groups is 1. The van der Waals surface area contributed by atoms with Crippen LogP contribution in [0.4, 0.5) is 0 Å². The van der Waals surface area contributed by atoms with Crippen LogP contribution in [-0.2, 0) is 6.42 Å². The lowest BCUT2D eigenvalue weighted by molar-refractivity contribution is 0.492. The Hall–Kier alpha value is 0.01000. The molecule has 0 aliphatic carbocycles. The summed E-state index contributed by atoms with van der Waals surface area (Å²) in [6, 6.07) is 3.40. The van der Waals surface area contributed by atoms with Crippen LogP contribution in [0.15, 0.2) is 16.8 Å². The summed E-state index contributed by atoms with van der Waals surface area (Å²) < 4.78 is 0. The summed E-state index contributed by atoms with van der Waals surface area (Å²) in [6.45, 7) is 4.51. The van der Waals surface area contributed by atoms with Gasteiger partial charge in [0.25, 0.3) is 0 Å². The van der Waals surface area contributed by atoms with Gasteiger partial charge in [0.1, 0.15) is 0 Å². The molecule has 1 rings (SSSR count). The number of rotatable bonds is 6. The van der Waals surface area contributed by atoms with E-state index in [-0.39, 0.29) is 0 Å². The highest BCUT2D eigenvalue weighted by Crippen LogP contribution is 2.09. The lowest BCUT2D eigenvalue weighted by Crippen LogP contribution is -2.37. The molecule has 0 bridgehead atoms. The summed E-state index contributed by atoms with van der Waals surface area (Å²) in [7, 11) is 0. The van der Waals surface area contributed by atoms with Crippen molar-refractivity contribution in [2.45, 2.75) is 32.4 Å². The summed E-state index contributed by atoms with van der Waals surface area (Å²) in [4.78, 5) is 0. The maximum atomic E-state index is 3.60. The summed E-state index contributed by atoms with van der Waals surface area (Å²) in [5.41, 5.74) is 1.45. The van der Waals surface area contributed by atoms with Crippen molar-refractivity contribution in [3.63, 3.8) is 0 Å². The molecule has 2 atom stereocenters. The molecule has 0 aliphatic rings. The number of nitrogens with one attached hydrogen (secondary N) is 1. The molecule has 0 spiro atoms. The average molecular weight is 229 g/mol. The molecule has 1 heterocycles. The van der Waals surface area contributed by atoms with Gasteiger partial charge >= 0.3 is 0 Å². The van der Waals surface area contributed by atoms with Gasteiger partial charge in [0.05, 0.1) is 0 Å². The lowest BCUT2D eigenvalue weighted by atomic mass is 10.1. The number of hydrogen-bond acceptors (Lipinski definition) is 3. The fraction of sp³-hybridized carbons (Fsp3) is 0.636. The van der Waals surface area contributed by atoms with E-state index in [0.717, 1.165) is 6.42 Å². The molecular weight excluding hydrogens is 210 g/mol. The minimum atomic E-state index is 0.576. The molecule has 1 N–H and O–H groups in total. The molecule has 3 heteroatoms. The monoisotopic (exact) mass is 229 g/mol. The van der Waals surface area contributed by atoms with E-state index in [4.69, 9.17) is 0 Å². The van der Waals surface area contributed by atoms with E-state index in [9.17, 15) is 0 Å². The molecule has 1 aromatic heterocycles. The Bertz CT molecular complexity index is 233. The average Bonchev–Trinajstić information content (AvgIpc) is 2.56. The van der Waals surface area contributed by atoms with E-state index in [1.165, 1.54) is 11.3 Å². The van der Waals surface area contributed by atoms with Crippen molar-refractivity contribution in [3.05, 3.63) is 22.4 Å². The van der Waals surface area contributed by atoms with Crippen molar-refractivity contribution in [2.75, 3.05) is 12.0 Å². The van der Waals surface area contributed by atoms with Crippen LogP contribution < -0.4 is 5.32 Å². The maximum absolute atomic E-state index is 3.60. The zero-order valence-corrected chi connectivity index (χ0v) is 10.8. The zero-order valence-electron chi connectivity index (χ0n) is 9.12. The molecule has 1 nitrogen and oxygen atoms in total. The highest BCUT2D eigenvalue weighted by Gasteiger charge is 2.07. The highest BCUT2D eigenvalue weighted by molar-refractivity contribution is 7.98. The van der Waals surface area contributed by atoms with Crippen molar-refractivity contribution in [2.24, 2.45) is 0 Å². The largest absolute Gasteiger partial charge is 0.311 e. The summed E-state index contributed by atoms with van der Waals surface area (Å²) >= 11 is 3.68. The molecule has 0 aliphatic heterocycles. The van der Waals surface area contributed by atoms with Gasteiger partial charge in [0, 0.05) is 17.8 Å². The van der Waals surface area contributed by atoms with Gasteiger partial charge in [-0.25, -0.2) is 0 Å². The van der Waals surface area contributed by atoms with Gasteiger partial charge < -0.3 is 5.32 Å². The van der Waals surface area contributed by atoms with Crippen LogP contribution in [0.1, 0.15) is 19.4 Å². The summed E-state index contributed by atoms with van der Waals surface area (Å²) in [5.74, 6) is 1.19. The van der Waals surface area contributed by atoms with Gasteiger partial charge in [-0.15, -0.1) is 0 Å². The molecule has 0 saturated carbocycles. The minimum Gasteiger partial charge on any atom is -0.311 e. The van der Waals surface area contributed by atoms with Crippen LogP contribution in [0.5, 0.6) is 0 Å². The molecular formula is C11H19NS2. The Labute approximate surface area is 95.3 Å². The van der Waals surface area contributed by atoms with Gasteiger partial charge in [-0.2, -0.15) is 23.1 Å². The van der Waals surface area contributed by atoms with Gasteiger partial charge in [-0.3, -0.25) is 0 Å². The number of thiophene rings is 1. The fourth-order valence-corrected chi connectivity index (χ4v) is 2.88. The second-order valence-corrected chi connectivity index (χ2v) is 5.45. The van der Waals surface area contributed by atoms with Crippen molar-refractivity contribution < 1.29 is 0 Å². The lowest BCUT2D eigenvalue weighted by Gasteiger charge is -2.18. The van der Waals surface area contributed by atoms with Crippen molar-refractivity contribution in [1.82, 2.24) is 5.32 Å². The normalized spacial score (nSPS) is 15.4. The molecule has 0 amide bonds. The Morgan fingerprint density at radius 1 is 1.43 bits per heavy atom. The Morgan fingerprint density at radius 2 is 2.21 bits per heavy atom. The van der Waals surface area contributed by atoms with Crippen LogP contribution in [0, 0.1) is 0 Å². The van der Waals surface area contributed by atoms with Gasteiger partial charge in [0.15, 0.2) is 0 Å². The third-order valence-electron chi connectivity index (χ3n) is 2.11. The predicted octanol–water partition coefficient (Wildman–Crippen LogP) is 3.02. The van der Waals surface area contributed by atoms with E-state index in [1.807, 2.05) is 11.8 Å². The summed E-state index contributed by atoms with van der Waals surface area (Å²) in [5, 5.41) is 7.98. The topological polar surface area (TPSA) is 12.0 Å². The van der Waals surface area contributed by atoms with Crippen molar-refractivity contribution in [3.8, 4) is 0 Å². The molecule has 0 radical (unpaired) electrons. The van der Waals surface area contributed by atoms with Gasteiger partial charge in [0.2, 0.25) is 0 Å². The van der Waals surface area contributed by atoms with Crippen LogP contribution in [-0.4, -0.2) is 24.1 Å². The Kier molecular flexibility index (Phi) is 5.60. The molecule has 14 heavy (non-hydrogen) atoms. The predicted molar refractivity (Wildman–Crippen MR) is 68.5 cm³/mol. The molecule has 0 saturated heterocycles. The van der Waals surface area contributed by atoms with Gasteiger partial charge in [-0.05, 0) is 48.9 Å². The second-order valence-electron chi connectivity index (χ2n) is 3.76. The van der Waals surface area contributed by atoms with E-state index < -0.39 is 0 Å². The third kappa shape index (κ3) is 4.49. The summed E-state index contributed by atoms with van der Waals surface area (Å²) in [6.07, 6.45) is 3.30. The van der Waals surface area contributed by atoms with E-state index in [0.29, 0.717) is 12.1 Å². The molecule has 2 unspecified atom stereocenters.